The van der Waals surface area contributed by atoms with E-state index in [0.29, 0.717) is 11.3 Å². The Kier molecular flexibility index (Phi) is 4.21. The fraction of sp³-hybridized carbons (Fsp3) is 0.200. The summed E-state index contributed by atoms with van der Waals surface area (Å²) in [6.07, 6.45) is 0. The number of nitrogens with one attached hydrogen (secondary N) is 2. The van der Waals surface area contributed by atoms with Crippen LogP contribution in [0.3, 0.4) is 0 Å². The monoisotopic (exact) mass is 320 g/mol. The lowest BCUT2D eigenvalue weighted by Crippen LogP contribution is -2.12. The number of fused-ring (bicyclic) bond motifs is 1. The molecule has 0 fully saturated rings. The van der Waals surface area contributed by atoms with E-state index in [2.05, 4.69) is 10.3 Å². The van der Waals surface area contributed by atoms with Crippen LogP contribution in [-0.2, 0) is 0 Å². The molecule has 0 aliphatic rings. The second-order valence-electron chi connectivity index (χ2n) is 6.32. The van der Waals surface area contributed by atoms with Gasteiger partial charge in [-0.3, -0.25) is 9.59 Å². The van der Waals surface area contributed by atoms with Crippen LogP contribution >= 0.6 is 0 Å². The van der Waals surface area contributed by atoms with Gasteiger partial charge >= 0.3 is 0 Å². The number of aryl methyl sites for hydroxylation is 1. The molecule has 0 unspecified atom stereocenters. The van der Waals surface area contributed by atoms with E-state index in [0.717, 1.165) is 22.0 Å². The minimum absolute atomic E-state index is 0.109. The predicted octanol–water partition coefficient (Wildman–Crippen LogP) is 4.21. The highest BCUT2D eigenvalue weighted by Crippen LogP contribution is 2.25. The molecule has 4 nitrogen and oxygen atoms in total. The van der Waals surface area contributed by atoms with E-state index in [1.165, 1.54) is 0 Å². The zero-order valence-corrected chi connectivity index (χ0v) is 14.0. The van der Waals surface area contributed by atoms with Crippen molar-refractivity contribution in [2.24, 2.45) is 0 Å². The third-order valence-electron chi connectivity index (χ3n) is 4.07. The summed E-state index contributed by atoms with van der Waals surface area (Å²) in [5, 5.41) is 3.87. The summed E-state index contributed by atoms with van der Waals surface area (Å²) in [5.41, 5.74) is 4.08. The van der Waals surface area contributed by atoms with Gasteiger partial charge in [0, 0.05) is 28.2 Å². The molecule has 3 aromatic rings. The van der Waals surface area contributed by atoms with E-state index in [-0.39, 0.29) is 17.4 Å². The van der Waals surface area contributed by atoms with Gasteiger partial charge < -0.3 is 10.3 Å². The second-order valence-corrected chi connectivity index (χ2v) is 6.32. The molecule has 3 rings (SSSR count). The van der Waals surface area contributed by atoms with Gasteiger partial charge in [0.05, 0.1) is 0 Å². The number of anilines is 1. The van der Waals surface area contributed by atoms with Gasteiger partial charge in [0.15, 0.2) is 0 Å². The van der Waals surface area contributed by atoms with Crippen molar-refractivity contribution < 1.29 is 4.79 Å². The molecular weight excluding hydrogens is 300 g/mol. The molecule has 0 saturated carbocycles. The highest BCUT2D eigenvalue weighted by Gasteiger charge is 2.10. The Morgan fingerprint density at radius 2 is 1.75 bits per heavy atom. The fourth-order valence-corrected chi connectivity index (χ4v) is 2.74. The Bertz CT molecular complexity index is 954. The molecule has 1 aromatic heterocycles. The van der Waals surface area contributed by atoms with E-state index in [4.69, 9.17) is 0 Å². The first-order valence-corrected chi connectivity index (χ1v) is 7.99. The molecule has 0 radical (unpaired) electrons. The first-order chi connectivity index (χ1) is 11.4. The number of benzene rings is 2. The zero-order chi connectivity index (χ0) is 17.3. The highest BCUT2D eigenvalue weighted by atomic mass is 16.1. The molecule has 2 N–H and O–H groups in total. The Hall–Kier alpha value is -2.88. The van der Waals surface area contributed by atoms with Gasteiger partial charge in [0.1, 0.15) is 0 Å². The summed E-state index contributed by atoms with van der Waals surface area (Å²) >= 11 is 0. The average Bonchev–Trinajstić information content (AvgIpc) is 2.54. The van der Waals surface area contributed by atoms with Crippen molar-refractivity contribution in [1.82, 2.24) is 4.98 Å². The van der Waals surface area contributed by atoms with Crippen LogP contribution in [0.15, 0.2) is 53.3 Å². The number of carbonyl (C=O) groups excluding carboxylic acids is 1. The molecule has 1 heterocycles. The average molecular weight is 320 g/mol. The Morgan fingerprint density at radius 1 is 1.04 bits per heavy atom. The maximum atomic E-state index is 12.4. The first-order valence-electron chi connectivity index (χ1n) is 7.99. The molecule has 0 saturated heterocycles. The number of pyridine rings is 1. The summed E-state index contributed by atoms with van der Waals surface area (Å²) in [5.74, 6) is 0.0720. The molecule has 0 aliphatic carbocycles. The van der Waals surface area contributed by atoms with Crippen LogP contribution in [0, 0.1) is 6.92 Å². The van der Waals surface area contributed by atoms with Gasteiger partial charge in [-0.1, -0.05) is 31.5 Å². The standard InChI is InChI=1S/C20H20N2O2/c1-12(2)16-11-19(23)22-18-9-8-15(10-17(16)18)21-20(24)14-6-4-13(3)5-7-14/h4-12H,1-3H3,(H,21,24)(H,22,23). The van der Waals surface area contributed by atoms with Gasteiger partial charge in [-0.05, 0) is 48.7 Å². The van der Waals surface area contributed by atoms with Crippen molar-refractivity contribution in [3.63, 3.8) is 0 Å². The lowest BCUT2D eigenvalue weighted by molar-refractivity contribution is 0.102. The van der Waals surface area contributed by atoms with E-state index in [9.17, 15) is 9.59 Å². The van der Waals surface area contributed by atoms with Crippen molar-refractivity contribution in [1.29, 1.82) is 0 Å². The van der Waals surface area contributed by atoms with Crippen LogP contribution in [0.25, 0.3) is 10.9 Å². The quantitative estimate of drug-likeness (QED) is 0.759. The molecule has 0 bridgehead atoms. The molecule has 24 heavy (non-hydrogen) atoms. The summed E-state index contributed by atoms with van der Waals surface area (Å²) in [6.45, 7) is 6.08. The number of carbonyl (C=O) groups is 1. The van der Waals surface area contributed by atoms with Crippen molar-refractivity contribution in [2.75, 3.05) is 5.32 Å². The summed E-state index contributed by atoms with van der Waals surface area (Å²) < 4.78 is 0. The molecule has 1 amide bonds. The van der Waals surface area contributed by atoms with Crippen LogP contribution in [-0.4, -0.2) is 10.9 Å². The minimum Gasteiger partial charge on any atom is -0.322 e. The van der Waals surface area contributed by atoms with E-state index in [1.807, 2.05) is 57.2 Å². The molecule has 2 aromatic carbocycles. The van der Waals surface area contributed by atoms with Crippen LogP contribution in [0.1, 0.15) is 41.3 Å². The fourth-order valence-electron chi connectivity index (χ4n) is 2.74. The smallest absolute Gasteiger partial charge is 0.255 e. The molecule has 0 spiro atoms. The Morgan fingerprint density at radius 3 is 2.42 bits per heavy atom. The summed E-state index contributed by atoms with van der Waals surface area (Å²) in [7, 11) is 0. The van der Waals surface area contributed by atoms with Crippen molar-refractivity contribution >= 4 is 22.5 Å². The lowest BCUT2D eigenvalue weighted by Gasteiger charge is -2.12. The summed E-state index contributed by atoms with van der Waals surface area (Å²) in [6, 6.07) is 14.6. The third kappa shape index (κ3) is 3.23. The maximum absolute atomic E-state index is 12.4. The number of aromatic amines is 1. The number of hydrogen-bond donors (Lipinski definition) is 2. The Balaban J connectivity index is 1.97. The number of amides is 1. The zero-order valence-electron chi connectivity index (χ0n) is 14.0. The third-order valence-corrected chi connectivity index (χ3v) is 4.07. The van der Waals surface area contributed by atoms with Crippen LogP contribution in [0.2, 0.25) is 0 Å². The number of aromatic nitrogens is 1. The molecule has 122 valence electrons. The second kappa shape index (κ2) is 6.32. The van der Waals surface area contributed by atoms with Gasteiger partial charge in [-0.15, -0.1) is 0 Å². The molecule has 0 atom stereocenters. The van der Waals surface area contributed by atoms with Gasteiger partial charge in [-0.25, -0.2) is 0 Å². The normalized spacial score (nSPS) is 11.0. The number of rotatable bonds is 3. The van der Waals surface area contributed by atoms with Crippen molar-refractivity contribution in [3.8, 4) is 0 Å². The minimum atomic E-state index is -0.148. The Labute approximate surface area is 140 Å². The van der Waals surface area contributed by atoms with E-state index in [1.54, 1.807) is 12.1 Å². The SMILES string of the molecule is Cc1ccc(C(=O)Nc2ccc3[nH]c(=O)cc(C(C)C)c3c2)cc1. The lowest BCUT2D eigenvalue weighted by atomic mass is 9.98. The number of H-pyrrole nitrogens is 1. The number of hydrogen-bond acceptors (Lipinski definition) is 2. The largest absolute Gasteiger partial charge is 0.322 e. The topological polar surface area (TPSA) is 62.0 Å². The van der Waals surface area contributed by atoms with Crippen molar-refractivity contribution in [2.45, 2.75) is 26.7 Å². The van der Waals surface area contributed by atoms with E-state index < -0.39 is 0 Å². The highest BCUT2D eigenvalue weighted by molar-refractivity contribution is 6.05. The van der Waals surface area contributed by atoms with Crippen LogP contribution < -0.4 is 10.9 Å². The van der Waals surface area contributed by atoms with Crippen molar-refractivity contribution in [3.05, 3.63) is 75.6 Å². The van der Waals surface area contributed by atoms with Gasteiger partial charge in [-0.2, -0.15) is 0 Å². The van der Waals surface area contributed by atoms with Gasteiger partial charge in [0.25, 0.3) is 5.91 Å². The molecule has 0 aliphatic heterocycles. The maximum Gasteiger partial charge on any atom is 0.255 e. The van der Waals surface area contributed by atoms with E-state index >= 15 is 0 Å². The van der Waals surface area contributed by atoms with Crippen LogP contribution in [0.4, 0.5) is 5.69 Å². The molecular formula is C20H20N2O2. The summed E-state index contributed by atoms with van der Waals surface area (Å²) in [4.78, 5) is 27.0. The van der Waals surface area contributed by atoms with Gasteiger partial charge in [0.2, 0.25) is 5.56 Å². The van der Waals surface area contributed by atoms with Crippen LogP contribution in [0.5, 0.6) is 0 Å². The first kappa shape index (κ1) is 16.0. The molecule has 4 heteroatoms. The predicted molar refractivity (Wildman–Crippen MR) is 97.8 cm³/mol.